The predicted octanol–water partition coefficient (Wildman–Crippen LogP) is 2.77. The van der Waals surface area contributed by atoms with E-state index in [4.69, 9.17) is 4.98 Å². The second kappa shape index (κ2) is 6.93. The molecule has 21 heavy (non-hydrogen) atoms. The van der Waals surface area contributed by atoms with E-state index in [1.807, 2.05) is 0 Å². The van der Waals surface area contributed by atoms with Gasteiger partial charge in [-0.05, 0) is 65.8 Å². The van der Waals surface area contributed by atoms with Crippen molar-refractivity contribution >= 4 is 0 Å². The van der Waals surface area contributed by atoms with Gasteiger partial charge >= 0.3 is 0 Å². The number of nitrogens with zero attached hydrogens (tertiary/aromatic N) is 2. The first kappa shape index (κ1) is 16.5. The molecular formula is C17H31N3O. The lowest BCUT2D eigenvalue weighted by atomic mass is 9.93. The Morgan fingerprint density at radius 2 is 2.10 bits per heavy atom. The highest BCUT2D eigenvalue weighted by Crippen LogP contribution is 2.29. The molecule has 0 amide bonds. The summed E-state index contributed by atoms with van der Waals surface area (Å²) in [5.74, 6) is 1.13. The molecule has 0 aliphatic heterocycles. The number of fused-ring (bicyclic) bond motifs is 1. The number of rotatable bonds is 7. The van der Waals surface area contributed by atoms with E-state index < -0.39 is 0 Å². The average Bonchev–Trinajstić information content (AvgIpc) is 2.81. The molecule has 1 heterocycles. The topological polar surface area (TPSA) is 50.1 Å². The van der Waals surface area contributed by atoms with Gasteiger partial charge in [-0.25, -0.2) is 4.98 Å². The third-order valence-electron chi connectivity index (χ3n) is 4.68. The number of aliphatic hydroxyl groups excluding tert-OH is 1. The minimum Gasteiger partial charge on any atom is -0.394 e. The molecule has 0 saturated heterocycles. The fraction of sp³-hybridized carbons (Fsp3) is 0.824. The van der Waals surface area contributed by atoms with Crippen molar-refractivity contribution in [2.75, 3.05) is 13.2 Å². The van der Waals surface area contributed by atoms with Gasteiger partial charge in [0.15, 0.2) is 0 Å². The monoisotopic (exact) mass is 293 g/mol. The maximum Gasteiger partial charge on any atom is 0.106 e. The molecule has 1 aliphatic carbocycles. The molecule has 1 aliphatic rings. The van der Waals surface area contributed by atoms with Crippen LogP contribution in [0.1, 0.15) is 69.7 Å². The zero-order valence-corrected chi connectivity index (χ0v) is 14.1. The summed E-state index contributed by atoms with van der Waals surface area (Å²) in [7, 11) is 0. The van der Waals surface area contributed by atoms with Crippen LogP contribution in [0.15, 0.2) is 0 Å². The van der Waals surface area contributed by atoms with Crippen LogP contribution < -0.4 is 5.32 Å². The zero-order chi connectivity index (χ0) is 15.5. The lowest BCUT2D eigenvalue weighted by Gasteiger charge is -2.33. The lowest BCUT2D eigenvalue weighted by molar-refractivity contribution is 0.150. The highest BCUT2D eigenvalue weighted by atomic mass is 16.3. The molecule has 120 valence electrons. The lowest BCUT2D eigenvalue weighted by Crippen LogP contribution is -2.47. The van der Waals surface area contributed by atoms with Crippen LogP contribution in [0.2, 0.25) is 0 Å². The minimum absolute atomic E-state index is 0.174. The molecule has 2 atom stereocenters. The van der Waals surface area contributed by atoms with Crippen molar-refractivity contribution in [2.45, 2.75) is 77.8 Å². The van der Waals surface area contributed by atoms with E-state index in [0.29, 0.717) is 6.04 Å². The maximum absolute atomic E-state index is 9.78. The van der Waals surface area contributed by atoms with E-state index in [1.54, 1.807) is 0 Å². The van der Waals surface area contributed by atoms with Gasteiger partial charge in [0.1, 0.15) is 5.82 Å². The number of hydrogen-bond donors (Lipinski definition) is 2. The molecule has 0 radical (unpaired) electrons. The highest BCUT2D eigenvalue weighted by Gasteiger charge is 2.28. The Morgan fingerprint density at radius 3 is 2.76 bits per heavy atom. The molecule has 0 aromatic carbocycles. The summed E-state index contributed by atoms with van der Waals surface area (Å²) in [5.41, 5.74) is 2.52. The molecule has 2 N–H and O–H groups in total. The van der Waals surface area contributed by atoms with Gasteiger partial charge in [0, 0.05) is 17.3 Å². The smallest absolute Gasteiger partial charge is 0.106 e. The minimum atomic E-state index is -0.215. The Labute approximate surface area is 129 Å². The van der Waals surface area contributed by atoms with Crippen molar-refractivity contribution in [2.24, 2.45) is 0 Å². The molecule has 0 fully saturated rings. The Hall–Kier alpha value is -0.870. The molecule has 0 bridgehead atoms. The molecule has 0 saturated carbocycles. The largest absolute Gasteiger partial charge is 0.394 e. The Balaban J connectivity index is 2.16. The highest BCUT2D eigenvalue weighted by molar-refractivity contribution is 5.21. The van der Waals surface area contributed by atoms with Gasteiger partial charge in [0.25, 0.3) is 0 Å². The number of hydrogen-bond acceptors (Lipinski definition) is 3. The summed E-state index contributed by atoms with van der Waals surface area (Å²) in [6, 6.07) is 0.362. The van der Waals surface area contributed by atoms with Gasteiger partial charge in [-0.2, -0.15) is 0 Å². The Bertz CT molecular complexity index is 469. The van der Waals surface area contributed by atoms with Gasteiger partial charge < -0.3 is 15.0 Å². The van der Waals surface area contributed by atoms with Crippen LogP contribution in [0.4, 0.5) is 0 Å². The first-order valence-electron chi connectivity index (χ1n) is 8.43. The molecule has 0 spiro atoms. The molecular weight excluding hydrogens is 262 g/mol. The quantitative estimate of drug-likeness (QED) is 0.813. The molecule has 2 rings (SSSR count). The fourth-order valence-electron chi connectivity index (χ4n) is 3.65. The summed E-state index contributed by atoms with van der Waals surface area (Å²) < 4.78 is 2.41. The summed E-state index contributed by atoms with van der Waals surface area (Å²) in [6.07, 6.45) is 6.83. The number of imidazole rings is 1. The van der Waals surface area contributed by atoms with E-state index in [9.17, 15) is 5.11 Å². The maximum atomic E-state index is 9.78. The van der Waals surface area contributed by atoms with Crippen LogP contribution >= 0.6 is 0 Å². The van der Waals surface area contributed by atoms with Gasteiger partial charge in [-0.15, -0.1) is 0 Å². The Kier molecular flexibility index (Phi) is 5.44. The summed E-state index contributed by atoms with van der Waals surface area (Å²) in [6.45, 7) is 9.77. The van der Waals surface area contributed by atoms with Crippen molar-refractivity contribution in [1.29, 1.82) is 0 Å². The van der Waals surface area contributed by atoms with Crippen LogP contribution in [0, 0.1) is 6.92 Å². The van der Waals surface area contributed by atoms with Crippen molar-refractivity contribution in [3.63, 3.8) is 0 Å². The average molecular weight is 293 g/mol. The second-order valence-corrected chi connectivity index (χ2v) is 6.83. The van der Waals surface area contributed by atoms with E-state index >= 15 is 0 Å². The fourth-order valence-corrected chi connectivity index (χ4v) is 3.65. The SMILES string of the molecule is CCCNC(C)(CO)CC(C)n1c(C)nc2c1CCCC2. The van der Waals surface area contributed by atoms with Crippen molar-refractivity contribution in [3.05, 3.63) is 17.2 Å². The van der Waals surface area contributed by atoms with Gasteiger partial charge in [0.05, 0.1) is 12.3 Å². The molecule has 4 heteroatoms. The third kappa shape index (κ3) is 3.67. The standard InChI is InChI=1S/C17H31N3O/c1-5-10-18-17(4,12-21)11-13(2)20-14(3)19-15-8-6-7-9-16(15)20/h13,18,21H,5-12H2,1-4H3. The van der Waals surface area contributed by atoms with E-state index in [2.05, 4.69) is 37.6 Å². The number of aliphatic hydroxyl groups is 1. The van der Waals surface area contributed by atoms with Gasteiger partial charge in [0.2, 0.25) is 0 Å². The van der Waals surface area contributed by atoms with E-state index in [1.165, 1.54) is 24.2 Å². The van der Waals surface area contributed by atoms with Crippen LogP contribution in [0.5, 0.6) is 0 Å². The third-order valence-corrected chi connectivity index (χ3v) is 4.68. The molecule has 4 nitrogen and oxygen atoms in total. The van der Waals surface area contributed by atoms with E-state index in [-0.39, 0.29) is 12.1 Å². The first-order valence-corrected chi connectivity index (χ1v) is 8.43. The number of nitrogens with one attached hydrogen (secondary N) is 1. The zero-order valence-electron chi connectivity index (χ0n) is 14.1. The first-order chi connectivity index (χ1) is 10.0. The van der Waals surface area contributed by atoms with Crippen LogP contribution in [0.3, 0.4) is 0 Å². The number of aromatic nitrogens is 2. The normalized spacial score (nSPS) is 19.1. The molecule has 2 unspecified atom stereocenters. The number of aryl methyl sites for hydroxylation is 2. The summed E-state index contributed by atoms with van der Waals surface area (Å²) in [5, 5.41) is 13.3. The second-order valence-electron chi connectivity index (χ2n) is 6.83. The molecule has 1 aromatic heterocycles. The summed E-state index contributed by atoms with van der Waals surface area (Å²) >= 11 is 0. The van der Waals surface area contributed by atoms with Crippen molar-refractivity contribution in [3.8, 4) is 0 Å². The summed E-state index contributed by atoms with van der Waals surface area (Å²) in [4.78, 5) is 4.77. The molecule has 1 aromatic rings. The van der Waals surface area contributed by atoms with E-state index in [0.717, 1.165) is 38.1 Å². The predicted molar refractivity (Wildman–Crippen MR) is 86.7 cm³/mol. The van der Waals surface area contributed by atoms with Crippen molar-refractivity contribution in [1.82, 2.24) is 14.9 Å². The van der Waals surface area contributed by atoms with Crippen LogP contribution in [0.25, 0.3) is 0 Å². The van der Waals surface area contributed by atoms with Crippen molar-refractivity contribution < 1.29 is 5.11 Å². The van der Waals surface area contributed by atoms with Crippen LogP contribution in [-0.4, -0.2) is 33.3 Å². The van der Waals surface area contributed by atoms with Gasteiger partial charge in [-0.3, -0.25) is 0 Å². The van der Waals surface area contributed by atoms with Gasteiger partial charge in [-0.1, -0.05) is 6.92 Å². The van der Waals surface area contributed by atoms with Crippen LogP contribution in [-0.2, 0) is 12.8 Å². The Morgan fingerprint density at radius 1 is 1.38 bits per heavy atom.